The van der Waals surface area contributed by atoms with Crippen molar-refractivity contribution in [2.45, 2.75) is 0 Å². The minimum atomic E-state index is -0.366. The average molecular weight is 329 g/mol. The third kappa shape index (κ3) is 3.12. The molecule has 0 unspecified atom stereocenters. The summed E-state index contributed by atoms with van der Waals surface area (Å²) in [6.07, 6.45) is 1.40. The first-order valence-electron chi connectivity index (χ1n) is 6.88. The van der Waals surface area contributed by atoms with Gasteiger partial charge in [0.15, 0.2) is 0 Å². The molecule has 6 heteroatoms. The van der Waals surface area contributed by atoms with Crippen LogP contribution in [0.25, 0.3) is 11.3 Å². The molecule has 0 aliphatic carbocycles. The van der Waals surface area contributed by atoms with Crippen LogP contribution in [0.3, 0.4) is 0 Å². The first kappa shape index (κ1) is 15.3. The van der Waals surface area contributed by atoms with E-state index in [-0.39, 0.29) is 11.6 Å². The van der Waals surface area contributed by atoms with Crippen LogP contribution in [0.15, 0.2) is 64.0 Å². The van der Waals surface area contributed by atoms with E-state index in [1.807, 2.05) is 0 Å². The van der Waals surface area contributed by atoms with E-state index in [0.29, 0.717) is 21.6 Å². The summed E-state index contributed by atoms with van der Waals surface area (Å²) in [5.41, 5.74) is 1.35. The predicted octanol–water partition coefficient (Wildman–Crippen LogP) is 3.91. The van der Waals surface area contributed by atoms with Crippen LogP contribution in [-0.4, -0.2) is 17.9 Å². The Morgan fingerprint density at radius 2 is 1.70 bits per heavy atom. The van der Waals surface area contributed by atoms with Crippen LogP contribution in [-0.2, 0) is 0 Å². The molecule has 2 aromatic carbocycles. The number of aromatic nitrogens is 1. The summed E-state index contributed by atoms with van der Waals surface area (Å²) in [7, 11) is 1.63. The molecular formula is C17H13F2N3S. The van der Waals surface area contributed by atoms with E-state index in [0.717, 1.165) is 0 Å². The zero-order valence-corrected chi connectivity index (χ0v) is 13.1. The molecule has 0 bridgehead atoms. The van der Waals surface area contributed by atoms with E-state index >= 15 is 0 Å². The summed E-state index contributed by atoms with van der Waals surface area (Å²) >= 11 is 1.34. The fourth-order valence-electron chi connectivity index (χ4n) is 2.12. The Balaban J connectivity index is 2.11. The van der Waals surface area contributed by atoms with Gasteiger partial charge in [-0.1, -0.05) is 30.3 Å². The van der Waals surface area contributed by atoms with Crippen molar-refractivity contribution in [1.29, 1.82) is 0 Å². The molecular weight excluding hydrogens is 316 g/mol. The summed E-state index contributed by atoms with van der Waals surface area (Å²) in [5, 5.41) is 6.06. The van der Waals surface area contributed by atoms with Crippen LogP contribution in [0.2, 0.25) is 0 Å². The Bertz CT molecular complexity index is 925. The zero-order chi connectivity index (χ0) is 16.2. The molecule has 0 atom stereocenters. The molecule has 0 aliphatic heterocycles. The summed E-state index contributed by atoms with van der Waals surface area (Å²) in [4.78, 5) is 4.73. The molecule has 3 aromatic rings. The van der Waals surface area contributed by atoms with E-state index < -0.39 is 0 Å². The molecule has 0 saturated heterocycles. The highest BCUT2D eigenvalue weighted by molar-refractivity contribution is 7.07. The number of hydrogen-bond acceptors (Lipinski definition) is 3. The number of halogens is 2. The molecule has 116 valence electrons. The lowest BCUT2D eigenvalue weighted by Gasteiger charge is -2.04. The second-order valence-corrected chi connectivity index (χ2v) is 5.52. The standard InChI is InChI=1S/C17H13F2N3S/c1-20-17-22(21-10-12-6-2-4-8-14(12)18)16(11-23-17)13-7-3-5-9-15(13)19/h2-11H,1H3/b20-17?,21-10+. The largest absolute Gasteiger partial charge is 0.261 e. The van der Waals surface area contributed by atoms with Gasteiger partial charge in [0, 0.05) is 23.6 Å². The maximum Gasteiger partial charge on any atom is 0.205 e. The quantitative estimate of drug-likeness (QED) is 0.652. The molecule has 0 amide bonds. The molecule has 0 N–H and O–H groups in total. The minimum Gasteiger partial charge on any atom is -0.261 e. The van der Waals surface area contributed by atoms with Gasteiger partial charge in [-0.25, -0.2) is 13.5 Å². The zero-order valence-electron chi connectivity index (χ0n) is 12.3. The van der Waals surface area contributed by atoms with Gasteiger partial charge in [-0.15, -0.1) is 11.3 Å². The molecule has 3 nitrogen and oxygen atoms in total. The molecule has 0 spiro atoms. The van der Waals surface area contributed by atoms with Gasteiger partial charge in [0.1, 0.15) is 11.6 Å². The van der Waals surface area contributed by atoms with Crippen LogP contribution < -0.4 is 4.80 Å². The summed E-state index contributed by atoms with van der Waals surface area (Å²) in [5.74, 6) is -0.711. The van der Waals surface area contributed by atoms with Crippen LogP contribution in [0.4, 0.5) is 8.78 Å². The molecule has 3 rings (SSSR count). The predicted molar refractivity (Wildman–Crippen MR) is 88.6 cm³/mol. The average Bonchev–Trinajstić information content (AvgIpc) is 2.97. The number of nitrogens with zero attached hydrogens (tertiary/aromatic N) is 3. The maximum atomic E-state index is 14.0. The van der Waals surface area contributed by atoms with Gasteiger partial charge in [-0.3, -0.25) is 4.99 Å². The Morgan fingerprint density at radius 3 is 2.39 bits per heavy atom. The van der Waals surface area contributed by atoms with E-state index in [2.05, 4.69) is 10.1 Å². The lowest BCUT2D eigenvalue weighted by Crippen LogP contribution is -2.12. The lowest BCUT2D eigenvalue weighted by atomic mass is 10.1. The maximum absolute atomic E-state index is 14.0. The monoisotopic (exact) mass is 329 g/mol. The molecule has 1 aromatic heterocycles. The molecule has 0 aliphatic rings. The summed E-state index contributed by atoms with van der Waals surface area (Å²) in [6.45, 7) is 0. The number of thiazole rings is 1. The van der Waals surface area contributed by atoms with E-state index in [1.165, 1.54) is 34.4 Å². The van der Waals surface area contributed by atoms with Gasteiger partial charge in [0.25, 0.3) is 0 Å². The summed E-state index contributed by atoms with van der Waals surface area (Å²) in [6, 6.07) is 12.8. The van der Waals surface area contributed by atoms with Crippen LogP contribution >= 0.6 is 11.3 Å². The van der Waals surface area contributed by atoms with Crippen LogP contribution in [0.5, 0.6) is 0 Å². The molecule has 23 heavy (non-hydrogen) atoms. The van der Waals surface area contributed by atoms with Gasteiger partial charge in [0.2, 0.25) is 4.80 Å². The van der Waals surface area contributed by atoms with Gasteiger partial charge in [-0.05, 0) is 18.2 Å². The first-order valence-corrected chi connectivity index (χ1v) is 7.76. The smallest absolute Gasteiger partial charge is 0.205 e. The number of rotatable bonds is 3. The number of hydrogen-bond donors (Lipinski definition) is 0. The van der Waals surface area contributed by atoms with Gasteiger partial charge in [0.05, 0.1) is 11.9 Å². The Morgan fingerprint density at radius 1 is 1.00 bits per heavy atom. The van der Waals surface area contributed by atoms with Gasteiger partial charge < -0.3 is 0 Å². The Kier molecular flexibility index (Phi) is 4.43. The van der Waals surface area contributed by atoms with Crippen molar-refractivity contribution in [3.63, 3.8) is 0 Å². The molecule has 0 radical (unpaired) electrons. The lowest BCUT2D eigenvalue weighted by molar-refractivity contribution is 0.625. The topological polar surface area (TPSA) is 29.6 Å². The fraction of sp³-hybridized carbons (Fsp3) is 0.0588. The Hall–Kier alpha value is -2.60. The van der Waals surface area contributed by atoms with Crippen LogP contribution in [0.1, 0.15) is 5.56 Å². The Labute approximate surface area is 135 Å². The second-order valence-electron chi connectivity index (χ2n) is 4.68. The SMILES string of the molecule is CN=c1scc(-c2ccccc2F)n1/N=C/c1ccccc1F. The van der Waals surface area contributed by atoms with Gasteiger partial charge >= 0.3 is 0 Å². The minimum absolute atomic E-state index is 0.345. The van der Waals surface area contributed by atoms with Crippen molar-refractivity contribution in [2.75, 3.05) is 7.05 Å². The molecule has 0 saturated carbocycles. The normalized spacial score (nSPS) is 12.2. The van der Waals surface area contributed by atoms with E-state index in [9.17, 15) is 8.78 Å². The van der Waals surface area contributed by atoms with Crippen molar-refractivity contribution in [2.24, 2.45) is 10.1 Å². The third-order valence-corrected chi connectivity index (χ3v) is 4.15. The van der Waals surface area contributed by atoms with E-state index in [1.54, 1.807) is 48.8 Å². The highest BCUT2D eigenvalue weighted by atomic mass is 32.1. The van der Waals surface area contributed by atoms with Gasteiger partial charge in [-0.2, -0.15) is 5.10 Å². The fourth-order valence-corrected chi connectivity index (χ4v) is 2.91. The third-order valence-electron chi connectivity index (χ3n) is 3.24. The first-order chi connectivity index (χ1) is 11.2. The highest BCUT2D eigenvalue weighted by Gasteiger charge is 2.11. The molecule has 0 fully saturated rings. The second kappa shape index (κ2) is 6.66. The van der Waals surface area contributed by atoms with Crippen LogP contribution in [0, 0.1) is 11.6 Å². The van der Waals surface area contributed by atoms with Crippen molar-refractivity contribution in [3.8, 4) is 11.3 Å². The van der Waals surface area contributed by atoms with E-state index in [4.69, 9.17) is 0 Å². The number of benzene rings is 2. The summed E-state index contributed by atoms with van der Waals surface area (Å²) < 4.78 is 29.3. The highest BCUT2D eigenvalue weighted by Crippen LogP contribution is 2.23. The van der Waals surface area contributed by atoms with Crippen molar-refractivity contribution in [1.82, 2.24) is 4.68 Å². The van der Waals surface area contributed by atoms with Crippen molar-refractivity contribution < 1.29 is 8.78 Å². The molecule has 1 heterocycles. The van der Waals surface area contributed by atoms with Crippen molar-refractivity contribution >= 4 is 17.6 Å². The van der Waals surface area contributed by atoms with Crippen molar-refractivity contribution in [3.05, 3.63) is 75.9 Å².